The number of alkyl halides is 3. The van der Waals surface area contributed by atoms with Crippen LogP contribution >= 0.6 is 0 Å². The Bertz CT molecular complexity index is 588. The number of imidazole rings is 1. The zero-order valence-corrected chi connectivity index (χ0v) is 9.81. The highest BCUT2D eigenvalue weighted by molar-refractivity contribution is 6.07. The first-order valence-electron chi connectivity index (χ1n) is 5.23. The lowest BCUT2D eigenvalue weighted by atomic mass is 10.1. The summed E-state index contributed by atoms with van der Waals surface area (Å²) in [5, 5.41) is 0. The summed E-state index contributed by atoms with van der Waals surface area (Å²) in [7, 11) is 1.71. The van der Waals surface area contributed by atoms with Crippen molar-refractivity contribution < 1.29 is 22.7 Å². The van der Waals surface area contributed by atoms with Gasteiger partial charge in [-0.05, 0) is 24.3 Å². The molecular weight excluding hydrogens is 261 g/mol. The van der Waals surface area contributed by atoms with Crippen LogP contribution < -0.4 is 4.74 Å². The second kappa shape index (κ2) is 4.75. The van der Waals surface area contributed by atoms with E-state index in [9.17, 15) is 18.0 Å². The standard InChI is InChI=1S/C12H9F3N2O2/c1-17-6-10(16-7-17)11(18)8-2-4-9(5-3-8)19-12(13,14)15/h2-7H,1H3. The Morgan fingerprint density at radius 2 is 1.89 bits per heavy atom. The van der Waals surface area contributed by atoms with Crippen molar-refractivity contribution in [3.05, 3.63) is 48.0 Å². The van der Waals surface area contributed by atoms with Crippen LogP contribution in [0.3, 0.4) is 0 Å². The highest BCUT2D eigenvalue weighted by Crippen LogP contribution is 2.23. The zero-order valence-electron chi connectivity index (χ0n) is 9.81. The van der Waals surface area contributed by atoms with Crippen LogP contribution in [0.25, 0.3) is 0 Å². The number of carbonyl (C=O) groups excluding carboxylic acids is 1. The smallest absolute Gasteiger partial charge is 0.406 e. The molecule has 0 aliphatic carbocycles. The Balaban J connectivity index is 2.16. The molecule has 2 aromatic rings. The Hall–Kier alpha value is -2.31. The number of rotatable bonds is 3. The molecule has 0 bridgehead atoms. The molecule has 0 saturated carbocycles. The molecule has 2 rings (SSSR count). The molecule has 0 spiro atoms. The minimum Gasteiger partial charge on any atom is -0.406 e. The fourth-order valence-electron chi connectivity index (χ4n) is 1.49. The second-order valence-corrected chi connectivity index (χ2v) is 3.83. The van der Waals surface area contributed by atoms with E-state index in [2.05, 4.69) is 9.72 Å². The third-order valence-corrected chi connectivity index (χ3v) is 2.29. The summed E-state index contributed by atoms with van der Waals surface area (Å²) in [5.41, 5.74) is 0.472. The van der Waals surface area contributed by atoms with Gasteiger partial charge >= 0.3 is 6.36 Å². The maximum absolute atomic E-state index is 12.0. The van der Waals surface area contributed by atoms with Gasteiger partial charge in [-0.2, -0.15) is 0 Å². The van der Waals surface area contributed by atoms with Gasteiger partial charge in [0.25, 0.3) is 0 Å². The third-order valence-electron chi connectivity index (χ3n) is 2.29. The number of ketones is 1. The highest BCUT2D eigenvalue weighted by atomic mass is 19.4. The van der Waals surface area contributed by atoms with E-state index < -0.39 is 6.36 Å². The van der Waals surface area contributed by atoms with Crippen molar-refractivity contribution in [3.63, 3.8) is 0 Å². The number of nitrogens with zero attached hydrogens (tertiary/aromatic N) is 2. The first-order valence-corrected chi connectivity index (χ1v) is 5.23. The van der Waals surface area contributed by atoms with E-state index in [-0.39, 0.29) is 22.8 Å². The van der Waals surface area contributed by atoms with E-state index in [1.54, 1.807) is 11.6 Å². The van der Waals surface area contributed by atoms with Gasteiger partial charge in [-0.1, -0.05) is 0 Å². The fourth-order valence-corrected chi connectivity index (χ4v) is 1.49. The quantitative estimate of drug-likeness (QED) is 0.805. The summed E-state index contributed by atoms with van der Waals surface area (Å²) in [5.74, 6) is -0.732. The van der Waals surface area contributed by atoms with Crippen molar-refractivity contribution in [1.29, 1.82) is 0 Å². The topological polar surface area (TPSA) is 44.1 Å². The molecule has 0 atom stereocenters. The average Bonchev–Trinajstić information content (AvgIpc) is 2.74. The molecule has 0 fully saturated rings. The van der Waals surface area contributed by atoms with Crippen molar-refractivity contribution in [1.82, 2.24) is 9.55 Å². The number of halogens is 3. The van der Waals surface area contributed by atoms with E-state index in [1.165, 1.54) is 24.7 Å². The molecule has 1 aromatic heterocycles. The number of ether oxygens (including phenoxy) is 1. The lowest BCUT2D eigenvalue weighted by Gasteiger charge is -2.08. The van der Waals surface area contributed by atoms with Crippen LogP contribution in [0.15, 0.2) is 36.8 Å². The van der Waals surface area contributed by atoms with Crippen LogP contribution in [-0.2, 0) is 7.05 Å². The summed E-state index contributed by atoms with van der Waals surface area (Å²) in [6.07, 6.45) is -1.75. The minimum atomic E-state index is -4.74. The van der Waals surface area contributed by atoms with E-state index in [4.69, 9.17) is 0 Å². The second-order valence-electron chi connectivity index (χ2n) is 3.83. The molecule has 0 saturated heterocycles. The van der Waals surface area contributed by atoms with Crippen LogP contribution in [-0.4, -0.2) is 21.7 Å². The van der Waals surface area contributed by atoms with Gasteiger partial charge in [-0.25, -0.2) is 4.98 Å². The number of aryl methyl sites for hydroxylation is 1. The summed E-state index contributed by atoms with van der Waals surface area (Å²) in [6, 6.07) is 4.70. The van der Waals surface area contributed by atoms with Gasteiger partial charge < -0.3 is 9.30 Å². The Morgan fingerprint density at radius 1 is 1.26 bits per heavy atom. The van der Waals surface area contributed by atoms with E-state index in [0.29, 0.717) is 0 Å². The normalized spacial score (nSPS) is 11.4. The largest absolute Gasteiger partial charge is 0.573 e. The molecule has 0 aliphatic rings. The molecule has 4 nitrogen and oxygen atoms in total. The summed E-state index contributed by atoms with van der Waals surface area (Å²) in [4.78, 5) is 15.8. The van der Waals surface area contributed by atoms with Crippen LogP contribution in [0.4, 0.5) is 13.2 Å². The summed E-state index contributed by atoms with van der Waals surface area (Å²) >= 11 is 0. The molecule has 1 aromatic carbocycles. The number of hydrogen-bond acceptors (Lipinski definition) is 3. The zero-order chi connectivity index (χ0) is 14.0. The Labute approximate surface area is 106 Å². The van der Waals surface area contributed by atoms with Crippen molar-refractivity contribution in [2.24, 2.45) is 7.05 Å². The minimum absolute atomic E-state index is 0.229. The molecule has 0 aliphatic heterocycles. The molecule has 0 radical (unpaired) electrons. The van der Waals surface area contributed by atoms with Crippen LogP contribution in [0.1, 0.15) is 16.1 Å². The van der Waals surface area contributed by atoms with Gasteiger partial charge in [-0.3, -0.25) is 4.79 Å². The van der Waals surface area contributed by atoms with Gasteiger partial charge in [0.15, 0.2) is 0 Å². The number of hydrogen-bond donors (Lipinski definition) is 0. The van der Waals surface area contributed by atoms with Gasteiger partial charge in [0, 0.05) is 18.8 Å². The van der Waals surface area contributed by atoms with E-state index in [0.717, 1.165) is 12.1 Å². The molecule has 100 valence electrons. The lowest BCUT2D eigenvalue weighted by Crippen LogP contribution is -2.17. The fraction of sp³-hybridized carbons (Fsp3) is 0.167. The Morgan fingerprint density at radius 3 is 2.37 bits per heavy atom. The van der Waals surface area contributed by atoms with Crippen molar-refractivity contribution in [2.75, 3.05) is 0 Å². The molecule has 7 heteroatoms. The monoisotopic (exact) mass is 270 g/mol. The molecule has 1 heterocycles. The van der Waals surface area contributed by atoms with Crippen molar-refractivity contribution in [2.45, 2.75) is 6.36 Å². The summed E-state index contributed by atoms with van der Waals surface area (Å²) < 4.78 is 41.2. The van der Waals surface area contributed by atoms with Crippen LogP contribution in [0.2, 0.25) is 0 Å². The van der Waals surface area contributed by atoms with Crippen LogP contribution in [0.5, 0.6) is 5.75 Å². The molecular formula is C12H9F3N2O2. The molecule has 19 heavy (non-hydrogen) atoms. The van der Waals surface area contributed by atoms with E-state index in [1.807, 2.05) is 0 Å². The predicted molar refractivity (Wildman–Crippen MR) is 59.8 cm³/mol. The lowest BCUT2D eigenvalue weighted by molar-refractivity contribution is -0.274. The maximum Gasteiger partial charge on any atom is 0.573 e. The van der Waals surface area contributed by atoms with E-state index >= 15 is 0 Å². The Kier molecular flexibility index (Phi) is 3.28. The van der Waals surface area contributed by atoms with Gasteiger partial charge in [-0.15, -0.1) is 13.2 Å². The number of carbonyl (C=O) groups is 1. The SMILES string of the molecule is Cn1cnc(C(=O)c2ccc(OC(F)(F)F)cc2)c1. The first-order chi connectivity index (χ1) is 8.85. The van der Waals surface area contributed by atoms with Gasteiger partial charge in [0.1, 0.15) is 11.4 Å². The third kappa shape index (κ3) is 3.34. The van der Waals surface area contributed by atoms with Crippen molar-refractivity contribution >= 4 is 5.78 Å². The average molecular weight is 270 g/mol. The molecule has 0 amide bonds. The maximum atomic E-state index is 12.0. The first kappa shape index (κ1) is 13.1. The summed E-state index contributed by atoms with van der Waals surface area (Å²) in [6.45, 7) is 0. The number of benzene rings is 1. The highest BCUT2D eigenvalue weighted by Gasteiger charge is 2.31. The van der Waals surface area contributed by atoms with Crippen molar-refractivity contribution in [3.8, 4) is 5.75 Å². The van der Waals surface area contributed by atoms with Gasteiger partial charge in [0.2, 0.25) is 5.78 Å². The molecule has 0 unspecified atom stereocenters. The number of aromatic nitrogens is 2. The predicted octanol–water partition coefficient (Wildman–Crippen LogP) is 2.55. The van der Waals surface area contributed by atoms with Crippen LogP contribution in [0, 0.1) is 0 Å². The molecule has 0 N–H and O–H groups in total. The van der Waals surface area contributed by atoms with Gasteiger partial charge in [0.05, 0.1) is 6.33 Å².